The maximum Gasteiger partial charge on any atom is 0.235 e. The minimum absolute atomic E-state index is 0.235. The van der Waals surface area contributed by atoms with Crippen LogP contribution >= 0.6 is 0 Å². The van der Waals surface area contributed by atoms with Gasteiger partial charge >= 0.3 is 0 Å². The Bertz CT molecular complexity index is 741. The zero-order valence-corrected chi connectivity index (χ0v) is 16.1. The summed E-state index contributed by atoms with van der Waals surface area (Å²) in [5.74, 6) is 0.598. The number of benzene rings is 1. The van der Waals surface area contributed by atoms with E-state index < -0.39 is 25.6 Å². The fourth-order valence-corrected chi connectivity index (χ4v) is 3.17. The van der Waals surface area contributed by atoms with E-state index in [0.717, 1.165) is 11.6 Å². The van der Waals surface area contributed by atoms with Crippen LogP contribution in [0, 0.1) is 10.1 Å². The SMILES string of the molecule is COc1ccc2c(c1)c(C(O)C[N+](=O)[O-])nn2COCC[Si](C)(C)C. The lowest BCUT2D eigenvalue weighted by Crippen LogP contribution is -2.22. The Hall–Kier alpha value is -1.97. The molecule has 0 amide bonds. The quantitative estimate of drug-likeness (QED) is 0.316. The lowest BCUT2D eigenvalue weighted by molar-refractivity contribution is -0.491. The first-order valence-electron chi connectivity index (χ1n) is 8.13. The fourth-order valence-electron chi connectivity index (χ4n) is 2.41. The fraction of sp³-hybridized carbons (Fsp3) is 0.562. The molecular formula is C16H25N3O5Si. The van der Waals surface area contributed by atoms with Crippen LogP contribution in [0.2, 0.25) is 25.7 Å². The molecule has 138 valence electrons. The molecule has 9 heteroatoms. The Morgan fingerprint density at radius 2 is 2.12 bits per heavy atom. The predicted octanol–water partition coefficient (Wildman–Crippen LogP) is 2.67. The minimum Gasteiger partial charge on any atom is -0.497 e. The van der Waals surface area contributed by atoms with Crippen LogP contribution < -0.4 is 4.74 Å². The maximum absolute atomic E-state index is 10.7. The number of nitro groups is 1. The standard InChI is InChI=1S/C16H25N3O5Si/c1-23-12-5-6-14-13(9-12)16(15(20)10-19(21)22)17-18(14)11-24-7-8-25(2,3)4/h5-6,9,15,20H,7-8,10-11H2,1-4H3. The van der Waals surface area contributed by atoms with Crippen molar-refractivity contribution in [2.24, 2.45) is 0 Å². The monoisotopic (exact) mass is 367 g/mol. The van der Waals surface area contributed by atoms with Gasteiger partial charge in [-0.25, -0.2) is 4.68 Å². The zero-order chi connectivity index (χ0) is 18.6. The minimum atomic E-state index is -1.28. The summed E-state index contributed by atoms with van der Waals surface area (Å²) in [6.45, 7) is 7.10. The summed E-state index contributed by atoms with van der Waals surface area (Å²) in [4.78, 5) is 10.2. The molecule has 0 saturated carbocycles. The smallest absolute Gasteiger partial charge is 0.235 e. The zero-order valence-electron chi connectivity index (χ0n) is 15.1. The number of fused-ring (bicyclic) bond motifs is 1. The highest BCUT2D eigenvalue weighted by Crippen LogP contribution is 2.28. The molecule has 2 rings (SSSR count). The number of methoxy groups -OCH3 is 1. The van der Waals surface area contributed by atoms with Crippen molar-refractivity contribution < 1.29 is 19.5 Å². The first-order valence-corrected chi connectivity index (χ1v) is 11.8. The topological polar surface area (TPSA) is 99.6 Å². The van der Waals surface area contributed by atoms with E-state index in [0.29, 0.717) is 17.7 Å². The number of rotatable bonds is 9. The third-order valence-corrected chi connectivity index (χ3v) is 5.54. The number of ether oxygens (including phenoxy) is 2. The van der Waals surface area contributed by atoms with Crippen LogP contribution in [0.3, 0.4) is 0 Å². The van der Waals surface area contributed by atoms with Gasteiger partial charge < -0.3 is 14.6 Å². The molecule has 1 aromatic carbocycles. The van der Waals surface area contributed by atoms with Gasteiger partial charge in [0.1, 0.15) is 18.2 Å². The van der Waals surface area contributed by atoms with Crippen molar-refractivity contribution in [1.29, 1.82) is 0 Å². The molecule has 0 aliphatic carbocycles. The van der Waals surface area contributed by atoms with Crippen LogP contribution in [0.4, 0.5) is 0 Å². The Morgan fingerprint density at radius 1 is 1.40 bits per heavy atom. The van der Waals surface area contributed by atoms with Gasteiger partial charge in [-0.2, -0.15) is 5.10 Å². The summed E-state index contributed by atoms with van der Waals surface area (Å²) < 4.78 is 12.5. The number of aromatic nitrogens is 2. The molecule has 0 aliphatic heterocycles. The highest BCUT2D eigenvalue weighted by atomic mass is 28.3. The number of aliphatic hydroxyl groups excluding tert-OH is 1. The van der Waals surface area contributed by atoms with E-state index in [9.17, 15) is 15.2 Å². The molecule has 1 aromatic heterocycles. The molecule has 0 radical (unpaired) electrons. The Labute approximate surface area is 147 Å². The van der Waals surface area contributed by atoms with Gasteiger partial charge in [-0.3, -0.25) is 10.1 Å². The Morgan fingerprint density at radius 3 is 2.72 bits per heavy atom. The predicted molar refractivity (Wildman–Crippen MR) is 97.2 cm³/mol. The van der Waals surface area contributed by atoms with Crippen molar-refractivity contribution in [3.8, 4) is 5.75 Å². The second kappa shape index (κ2) is 7.94. The molecule has 0 bridgehead atoms. The Balaban J connectivity index is 2.26. The molecular weight excluding hydrogens is 342 g/mol. The van der Waals surface area contributed by atoms with Crippen molar-refractivity contribution in [3.05, 3.63) is 34.0 Å². The number of hydrogen-bond donors (Lipinski definition) is 1. The van der Waals surface area contributed by atoms with Crippen LogP contribution in [0.5, 0.6) is 5.75 Å². The van der Waals surface area contributed by atoms with Crippen molar-refractivity contribution in [3.63, 3.8) is 0 Å². The van der Waals surface area contributed by atoms with Gasteiger partial charge in [-0.05, 0) is 24.2 Å². The third kappa shape index (κ3) is 5.25. The van der Waals surface area contributed by atoms with E-state index in [1.807, 2.05) is 6.07 Å². The average molecular weight is 367 g/mol. The van der Waals surface area contributed by atoms with Gasteiger partial charge in [-0.15, -0.1) is 0 Å². The Kier molecular flexibility index (Phi) is 6.14. The summed E-state index contributed by atoms with van der Waals surface area (Å²) in [7, 11) is 0.361. The van der Waals surface area contributed by atoms with Crippen molar-refractivity contribution in [2.75, 3.05) is 20.3 Å². The number of aliphatic hydroxyl groups is 1. The van der Waals surface area contributed by atoms with Gasteiger partial charge in [0.05, 0.1) is 12.6 Å². The summed E-state index contributed by atoms with van der Waals surface area (Å²) in [6, 6.07) is 6.36. The second-order valence-electron chi connectivity index (χ2n) is 7.15. The largest absolute Gasteiger partial charge is 0.497 e. The van der Waals surface area contributed by atoms with Crippen LogP contribution in [0.25, 0.3) is 10.9 Å². The van der Waals surface area contributed by atoms with Crippen molar-refractivity contribution in [1.82, 2.24) is 9.78 Å². The first-order chi connectivity index (χ1) is 11.7. The van der Waals surface area contributed by atoms with Crippen LogP contribution in [0.1, 0.15) is 11.8 Å². The number of nitrogens with zero attached hydrogens (tertiary/aromatic N) is 3. The molecule has 0 fully saturated rings. The van der Waals surface area contributed by atoms with E-state index in [2.05, 4.69) is 24.7 Å². The molecule has 0 aliphatic rings. The van der Waals surface area contributed by atoms with Crippen molar-refractivity contribution in [2.45, 2.75) is 38.5 Å². The number of hydrogen-bond acceptors (Lipinski definition) is 6. The van der Waals surface area contributed by atoms with E-state index in [1.54, 1.807) is 16.8 Å². The second-order valence-corrected chi connectivity index (χ2v) is 12.8. The van der Waals surface area contributed by atoms with Gasteiger partial charge in [0.2, 0.25) is 6.54 Å². The summed E-state index contributed by atoms with van der Waals surface area (Å²) in [5.41, 5.74) is 1.01. The van der Waals surface area contributed by atoms with Crippen LogP contribution in [-0.2, 0) is 11.5 Å². The van der Waals surface area contributed by atoms with Crippen LogP contribution in [-0.4, -0.2) is 48.1 Å². The lowest BCUT2D eigenvalue weighted by Gasteiger charge is -2.15. The average Bonchev–Trinajstić information content (AvgIpc) is 2.88. The summed E-state index contributed by atoms with van der Waals surface area (Å²) in [5, 5.41) is 25.8. The molecule has 25 heavy (non-hydrogen) atoms. The molecule has 0 saturated heterocycles. The maximum atomic E-state index is 10.7. The van der Waals surface area contributed by atoms with E-state index in [-0.39, 0.29) is 12.4 Å². The normalized spacial score (nSPS) is 13.2. The summed E-state index contributed by atoms with van der Waals surface area (Å²) in [6.07, 6.45) is -1.28. The van der Waals surface area contributed by atoms with E-state index >= 15 is 0 Å². The molecule has 1 atom stereocenters. The molecule has 2 aromatic rings. The van der Waals surface area contributed by atoms with Gasteiger partial charge in [0.15, 0.2) is 6.10 Å². The van der Waals surface area contributed by atoms with Crippen molar-refractivity contribution >= 4 is 19.0 Å². The van der Waals surface area contributed by atoms with Crippen LogP contribution in [0.15, 0.2) is 18.2 Å². The first kappa shape index (κ1) is 19.4. The molecule has 1 N–H and O–H groups in total. The molecule has 1 heterocycles. The highest BCUT2D eigenvalue weighted by Gasteiger charge is 2.22. The van der Waals surface area contributed by atoms with Gasteiger partial charge in [-0.1, -0.05) is 19.6 Å². The lowest BCUT2D eigenvalue weighted by atomic mass is 10.1. The van der Waals surface area contributed by atoms with Gasteiger partial charge in [0.25, 0.3) is 0 Å². The molecule has 0 spiro atoms. The van der Waals surface area contributed by atoms with E-state index in [4.69, 9.17) is 9.47 Å². The summed E-state index contributed by atoms with van der Waals surface area (Å²) >= 11 is 0. The highest BCUT2D eigenvalue weighted by molar-refractivity contribution is 6.76. The molecule has 8 nitrogen and oxygen atoms in total. The molecule has 1 unspecified atom stereocenters. The van der Waals surface area contributed by atoms with E-state index in [1.165, 1.54) is 7.11 Å². The van der Waals surface area contributed by atoms with Gasteiger partial charge in [0, 0.05) is 25.0 Å². The third-order valence-electron chi connectivity index (χ3n) is 3.83.